The van der Waals surface area contributed by atoms with Crippen LogP contribution in [0, 0.1) is 0 Å². The third kappa shape index (κ3) is 5.91. The van der Waals surface area contributed by atoms with Gasteiger partial charge in [0.05, 0.1) is 0 Å². The fraction of sp³-hybridized carbons (Fsp3) is 0.429. The summed E-state index contributed by atoms with van der Waals surface area (Å²) in [6.45, 7) is 4.09. The Morgan fingerprint density at radius 2 is 2.05 bits per heavy atom. The molecule has 0 fully saturated rings. The molecule has 7 heteroatoms. The summed E-state index contributed by atoms with van der Waals surface area (Å²) in [5, 5.41) is 12.0. The van der Waals surface area contributed by atoms with Gasteiger partial charge in [-0.3, -0.25) is 4.79 Å². The molecule has 3 N–H and O–H groups in total. The van der Waals surface area contributed by atoms with Crippen LogP contribution in [0.15, 0.2) is 29.4 Å². The van der Waals surface area contributed by atoms with E-state index in [2.05, 4.69) is 5.16 Å². The third-order valence-corrected chi connectivity index (χ3v) is 3.11. The molecule has 0 radical (unpaired) electrons. The van der Waals surface area contributed by atoms with E-state index < -0.39 is 0 Å². The standard InChI is InChI=1S/C14H20ClN3O3/c1-10(2)18(8-7-13(16)17-20)14(19)9-21-12-5-3-11(15)4-6-12/h3-6,10,20H,7-9H2,1-2H3,(H2,16,17). The Labute approximate surface area is 129 Å². The van der Waals surface area contributed by atoms with E-state index >= 15 is 0 Å². The molecule has 0 aliphatic heterocycles. The van der Waals surface area contributed by atoms with Crippen molar-refractivity contribution in [3.05, 3.63) is 29.3 Å². The number of hydrogen-bond donors (Lipinski definition) is 2. The number of ether oxygens (including phenoxy) is 1. The van der Waals surface area contributed by atoms with Gasteiger partial charge in [-0.1, -0.05) is 16.8 Å². The van der Waals surface area contributed by atoms with Crippen LogP contribution >= 0.6 is 11.6 Å². The molecule has 116 valence electrons. The molecule has 6 nitrogen and oxygen atoms in total. The van der Waals surface area contributed by atoms with Crippen LogP contribution < -0.4 is 10.5 Å². The van der Waals surface area contributed by atoms with E-state index in [4.69, 9.17) is 27.3 Å². The van der Waals surface area contributed by atoms with E-state index in [1.54, 1.807) is 29.2 Å². The Bertz CT molecular complexity index is 489. The second-order valence-corrected chi connectivity index (χ2v) is 5.20. The predicted molar refractivity (Wildman–Crippen MR) is 81.8 cm³/mol. The number of amidine groups is 1. The van der Waals surface area contributed by atoms with E-state index in [0.717, 1.165) is 0 Å². The van der Waals surface area contributed by atoms with Crippen LogP contribution in [0.3, 0.4) is 0 Å². The number of oxime groups is 1. The van der Waals surface area contributed by atoms with Crippen LogP contribution in [0.5, 0.6) is 5.75 Å². The number of benzene rings is 1. The van der Waals surface area contributed by atoms with E-state index in [0.29, 0.717) is 23.7 Å². The van der Waals surface area contributed by atoms with Gasteiger partial charge in [0.25, 0.3) is 5.91 Å². The van der Waals surface area contributed by atoms with Gasteiger partial charge in [0.15, 0.2) is 6.61 Å². The maximum Gasteiger partial charge on any atom is 0.260 e. The molecule has 0 bridgehead atoms. The van der Waals surface area contributed by atoms with Crippen LogP contribution in [0.4, 0.5) is 0 Å². The molecule has 0 aliphatic carbocycles. The van der Waals surface area contributed by atoms with Gasteiger partial charge in [-0.25, -0.2) is 0 Å². The first-order valence-electron chi connectivity index (χ1n) is 6.58. The number of nitrogens with two attached hydrogens (primary N) is 1. The number of carbonyl (C=O) groups is 1. The first-order chi connectivity index (χ1) is 9.93. The Morgan fingerprint density at radius 3 is 2.57 bits per heavy atom. The average Bonchev–Trinajstić information content (AvgIpc) is 2.46. The van der Waals surface area contributed by atoms with Crippen molar-refractivity contribution in [3.8, 4) is 5.75 Å². The van der Waals surface area contributed by atoms with Crippen molar-refractivity contribution in [2.24, 2.45) is 10.9 Å². The molecular formula is C14H20ClN3O3. The zero-order chi connectivity index (χ0) is 15.8. The smallest absolute Gasteiger partial charge is 0.260 e. The second-order valence-electron chi connectivity index (χ2n) is 4.76. The van der Waals surface area contributed by atoms with Gasteiger partial charge in [-0.05, 0) is 38.1 Å². The first-order valence-corrected chi connectivity index (χ1v) is 6.96. The van der Waals surface area contributed by atoms with Crippen LogP contribution in [0.25, 0.3) is 0 Å². The summed E-state index contributed by atoms with van der Waals surface area (Å²) in [5.41, 5.74) is 5.42. The van der Waals surface area contributed by atoms with Gasteiger partial charge in [0, 0.05) is 24.0 Å². The molecule has 0 aliphatic rings. The number of carbonyl (C=O) groups excluding carboxylic acids is 1. The lowest BCUT2D eigenvalue weighted by Crippen LogP contribution is -2.41. The van der Waals surface area contributed by atoms with Crippen molar-refractivity contribution >= 4 is 23.3 Å². The SMILES string of the molecule is CC(C)N(CCC(N)=NO)C(=O)COc1ccc(Cl)cc1. The maximum absolute atomic E-state index is 12.2. The van der Waals surface area contributed by atoms with Gasteiger partial charge in [-0.15, -0.1) is 0 Å². The molecule has 0 unspecified atom stereocenters. The van der Waals surface area contributed by atoms with Crippen LogP contribution in [0.2, 0.25) is 5.02 Å². The molecule has 21 heavy (non-hydrogen) atoms. The van der Waals surface area contributed by atoms with Crippen molar-refractivity contribution in [2.45, 2.75) is 26.3 Å². The Balaban J connectivity index is 2.54. The Morgan fingerprint density at radius 1 is 1.43 bits per heavy atom. The van der Waals surface area contributed by atoms with Gasteiger partial charge in [0.1, 0.15) is 11.6 Å². The molecule has 1 rings (SSSR count). The van der Waals surface area contributed by atoms with E-state index in [-0.39, 0.29) is 24.4 Å². The summed E-state index contributed by atoms with van der Waals surface area (Å²) >= 11 is 5.78. The number of halogens is 1. The first kappa shape index (κ1) is 17.1. The van der Waals surface area contributed by atoms with Gasteiger partial charge < -0.3 is 20.6 Å². The van der Waals surface area contributed by atoms with Gasteiger partial charge in [-0.2, -0.15) is 0 Å². The lowest BCUT2D eigenvalue weighted by atomic mass is 10.2. The van der Waals surface area contributed by atoms with Crippen molar-refractivity contribution in [1.82, 2.24) is 4.90 Å². The molecular weight excluding hydrogens is 294 g/mol. The van der Waals surface area contributed by atoms with Crippen molar-refractivity contribution in [2.75, 3.05) is 13.2 Å². The molecule has 0 heterocycles. The van der Waals surface area contributed by atoms with Gasteiger partial charge >= 0.3 is 0 Å². The fourth-order valence-electron chi connectivity index (χ4n) is 1.71. The molecule has 0 spiro atoms. The second kappa shape index (κ2) is 8.36. The highest BCUT2D eigenvalue weighted by molar-refractivity contribution is 6.30. The minimum absolute atomic E-state index is 0.00203. The average molecular weight is 314 g/mol. The molecule has 0 atom stereocenters. The van der Waals surface area contributed by atoms with E-state index in [1.807, 2.05) is 13.8 Å². The molecule has 1 amide bonds. The Hall–Kier alpha value is -1.95. The number of amides is 1. The van der Waals surface area contributed by atoms with Crippen LogP contribution in [-0.4, -0.2) is 41.0 Å². The summed E-state index contributed by atoms with van der Waals surface area (Å²) < 4.78 is 5.43. The van der Waals surface area contributed by atoms with Crippen molar-refractivity contribution in [1.29, 1.82) is 0 Å². The monoisotopic (exact) mass is 313 g/mol. The van der Waals surface area contributed by atoms with Crippen molar-refractivity contribution < 1.29 is 14.7 Å². The lowest BCUT2D eigenvalue weighted by Gasteiger charge is -2.26. The topological polar surface area (TPSA) is 88.1 Å². The number of hydrogen-bond acceptors (Lipinski definition) is 4. The largest absolute Gasteiger partial charge is 0.484 e. The van der Waals surface area contributed by atoms with Crippen molar-refractivity contribution in [3.63, 3.8) is 0 Å². The minimum atomic E-state index is -0.161. The summed E-state index contributed by atoms with van der Waals surface area (Å²) in [4.78, 5) is 13.8. The lowest BCUT2D eigenvalue weighted by molar-refractivity contribution is -0.134. The zero-order valence-corrected chi connectivity index (χ0v) is 12.9. The van der Waals surface area contributed by atoms with Crippen LogP contribution in [0.1, 0.15) is 20.3 Å². The fourth-order valence-corrected chi connectivity index (χ4v) is 1.84. The van der Waals surface area contributed by atoms with Gasteiger partial charge in [0.2, 0.25) is 0 Å². The highest BCUT2D eigenvalue weighted by Gasteiger charge is 2.17. The minimum Gasteiger partial charge on any atom is -0.484 e. The summed E-state index contributed by atoms with van der Waals surface area (Å²) in [5.74, 6) is 0.505. The quantitative estimate of drug-likeness (QED) is 0.349. The summed E-state index contributed by atoms with van der Waals surface area (Å²) in [6.07, 6.45) is 0.307. The number of rotatable bonds is 7. The Kier molecular flexibility index (Phi) is 6.81. The van der Waals surface area contributed by atoms with E-state index in [1.165, 1.54) is 0 Å². The summed E-state index contributed by atoms with van der Waals surface area (Å²) in [7, 11) is 0. The molecule has 1 aromatic rings. The third-order valence-electron chi connectivity index (χ3n) is 2.86. The molecule has 0 saturated carbocycles. The van der Waals surface area contributed by atoms with Crippen LogP contribution in [-0.2, 0) is 4.79 Å². The highest BCUT2D eigenvalue weighted by Crippen LogP contribution is 2.15. The maximum atomic E-state index is 12.2. The zero-order valence-electron chi connectivity index (χ0n) is 12.1. The number of nitrogens with zero attached hydrogens (tertiary/aromatic N) is 2. The predicted octanol–water partition coefficient (Wildman–Crippen LogP) is 2.09. The normalized spacial score (nSPS) is 11.5. The summed E-state index contributed by atoms with van der Waals surface area (Å²) in [6, 6.07) is 6.79. The highest BCUT2D eigenvalue weighted by atomic mass is 35.5. The molecule has 0 saturated heterocycles. The molecule has 1 aromatic carbocycles. The van der Waals surface area contributed by atoms with E-state index in [9.17, 15) is 4.79 Å². The molecule has 0 aromatic heterocycles.